The first-order valence-electron chi connectivity index (χ1n) is 9.90. The molecule has 180 valence electrons. The molecule has 3 rings (SSSR count). The number of sulfonamides is 1. The summed E-state index contributed by atoms with van der Waals surface area (Å²) >= 11 is 3.29. The average molecular weight is 551 g/mol. The van der Waals surface area contributed by atoms with Crippen molar-refractivity contribution in [1.82, 2.24) is 9.21 Å². The minimum atomic E-state index is -4.74. The molecule has 0 aromatic heterocycles. The number of carbonyl (C=O) groups is 1. The van der Waals surface area contributed by atoms with Gasteiger partial charge in [-0.05, 0) is 41.5 Å². The molecule has 0 spiro atoms. The van der Waals surface area contributed by atoms with E-state index in [1.807, 2.05) is 4.90 Å². The highest BCUT2D eigenvalue weighted by molar-refractivity contribution is 9.10. The van der Waals surface area contributed by atoms with Crippen LogP contribution in [0.1, 0.15) is 11.1 Å². The van der Waals surface area contributed by atoms with Gasteiger partial charge in [0.25, 0.3) is 0 Å². The lowest BCUT2D eigenvalue weighted by Gasteiger charge is -2.34. The van der Waals surface area contributed by atoms with Gasteiger partial charge in [0.2, 0.25) is 10.0 Å². The van der Waals surface area contributed by atoms with E-state index < -0.39 is 22.4 Å². The molecule has 2 aromatic carbocycles. The summed E-state index contributed by atoms with van der Waals surface area (Å²) in [6.07, 6.45) is -4.78. The molecule has 0 saturated carbocycles. The summed E-state index contributed by atoms with van der Waals surface area (Å²) in [5.74, 6) is -0.759. The van der Waals surface area contributed by atoms with E-state index in [1.54, 1.807) is 18.2 Å². The van der Waals surface area contributed by atoms with Gasteiger partial charge in [-0.1, -0.05) is 28.1 Å². The molecule has 0 unspecified atom stereocenters. The van der Waals surface area contributed by atoms with Crippen LogP contribution in [-0.2, 0) is 32.5 Å². The molecule has 0 atom stereocenters. The highest BCUT2D eigenvalue weighted by atomic mass is 79.9. The van der Waals surface area contributed by atoms with Crippen molar-refractivity contribution in [2.75, 3.05) is 33.3 Å². The van der Waals surface area contributed by atoms with E-state index in [0.29, 0.717) is 29.7 Å². The van der Waals surface area contributed by atoms with Crippen molar-refractivity contribution in [3.8, 4) is 5.75 Å². The summed E-state index contributed by atoms with van der Waals surface area (Å²) in [6.45, 7) is 1.92. The molecule has 33 heavy (non-hydrogen) atoms. The number of halogens is 4. The Morgan fingerprint density at radius 2 is 1.67 bits per heavy atom. The number of methoxy groups -OCH3 is 1. The molecule has 0 aliphatic carbocycles. The van der Waals surface area contributed by atoms with Crippen molar-refractivity contribution in [3.05, 3.63) is 58.1 Å². The minimum absolute atomic E-state index is 0.0426. The highest BCUT2D eigenvalue weighted by Gasteiger charge is 2.31. The normalized spacial score (nSPS) is 15.9. The topological polar surface area (TPSA) is 76.2 Å². The Hall–Kier alpha value is -2.15. The monoisotopic (exact) mass is 550 g/mol. The molecule has 1 saturated heterocycles. The van der Waals surface area contributed by atoms with Crippen molar-refractivity contribution < 1.29 is 35.9 Å². The van der Waals surface area contributed by atoms with Gasteiger partial charge >= 0.3 is 12.3 Å². The molecule has 0 amide bonds. The van der Waals surface area contributed by atoms with Crippen LogP contribution in [0, 0.1) is 0 Å². The lowest BCUT2D eigenvalue weighted by atomic mass is 10.1. The van der Waals surface area contributed by atoms with Crippen molar-refractivity contribution in [2.24, 2.45) is 0 Å². The Kier molecular flexibility index (Phi) is 8.04. The van der Waals surface area contributed by atoms with Crippen molar-refractivity contribution in [1.29, 1.82) is 0 Å². The summed E-state index contributed by atoms with van der Waals surface area (Å²) in [4.78, 5) is 13.7. The first-order valence-corrected chi connectivity index (χ1v) is 12.1. The maximum atomic E-state index is 13.1. The first kappa shape index (κ1) is 25.5. The number of carbonyl (C=O) groups excluding carboxylic acids is 1. The molecule has 2 aromatic rings. The third kappa shape index (κ3) is 7.16. The zero-order chi connectivity index (χ0) is 24.2. The van der Waals surface area contributed by atoms with Crippen LogP contribution in [0.5, 0.6) is 5.75 Å². The number of piperazine rings is 1. The summed E-state index contributed by atoms with van der Waals surface area (Å²) in [5.41, 5.74) is 1.31. The fourth-order valence-corrected chi connectivity index (χ4v) is 5.65. The Bertz CT molecular complexity index is 1090. The molecule has 0 N–H and O–H groups in total. The van der Waals surface area contributed by atoms with E-state index in [2.05, 4.69) is 25.4 Å². The van der Waals surface area contributed by atoms with Crippen LogP contribution in [-0.4, -0.2) is 63.2 Å². The van der Waals surface area contributed by atoms with Crippen molar-refractivity contribution in [2.45, 2.75) is 24.2 Å². The van der Waals surface area contributed by atoms with Gasteiger partial charge in [-0.3, -0.25) is 9.69 Å². The quantitative estimate of drug-likeness (QED) is 0.490. The Morgan fingerprint density at radius 3 is 2.24 bits per heavy atom. The van der Waals surface area contributed by atoms with Gasteiger partial charge in [0.1, 0.15) is 5.75 Å². The molecular weight excluding hydrogens is 529 g/mol. The molecule has 1 heterocycles. The Morgan fingerprint density at radius 1 is 1.03 bits per heavy atom. The third-order valence-corrected chi connectivity index (χ3v) is 7.37. The van der Waals surface area contributed by atoms with E-state index in [0.717, 1.165) is 5.56 Å². The third-order valence-electron chi connectivity index (χ3n) is 5.04. The Labute approximate surface area is 198 Å². The average Bonchev–Trinajstić information content (AvgIpc) is 2.74. The smallest absolute Gasteiger partial charge is 0.469 e. The number of nitrogens with zero attached hydrogens (tertiary/aromatic N) is 2. The van der Waals surface area contributed by atoms with Crippen LogP contribution < -0.4 is 4.74 Å². The van der Waals surface area contributed by atoms with Crippen molar-refractivity contribution in [3.63, 3.8) is 0 Å². The summed E-state index contributed by atoms with van der Waals surface area (Å²) in [5, 5.41) is 0. The van der Waals surface area contributed by atoms with Crippen LogP contribution in [0.25, 0.3) is 0 Å². The molecule has 1 fully saturated rings. The van der Waals surface area contributed by atoms with Crippen molar-refractivity contribution >= 4 is 31.9 Å². The second-order valence-electron chi connectivity index (χ2n) is 7.42. The van der Waals surface area contributed by atoms with Gasteiger partial charge < -0.3 is 9.47 Å². The molecule has 1 aliphatic heterocycles. The summed E-state index contributed by atoms with van der Waals surface area (Å²) in [7, 11) is -2.50. The van der Waals surface area contributed by atoms with E-state index in [9.17, 15) is 26.4 Å². The van der Waals surface area contributed by atoms with Gasteiger partial charge in [0, 0.05) is 37.2 Å². The molecule has 1 aliphatic rings. The fourth-order valence-electron chi connectivity index (χ4n) is 3.44. The SMILES string of the molecule is COC(=O)Cc1cc(Br)cc(S(=O)(=O)N2CCN(Cc3ccc(OC(F)(F)F)cc3)CC2)c1. The zero-order valence-corrected chi connectivity index (χ0v) is 20.0. The van der Waals surface area contributed by atoms with Crippen LogP contribution in [0.4, 0.5) is 13.2 Å². The molecule has 0 bridgehead atoms. The number of rotatable bonds is 7. The minimum Gasteiger partial charge on any atom is -0.469 e. The largest absolute Gasteiger partial charge is 0.573 e. The molecule has 7 nitrogen and oxygen atoms in total. The number of hydrogen-bond donors (Lipinski definition) is 0. The fraction of sp³-hybridized carbons (Fsp3) is 0.381. The first-order chi connectivity index (χ1) is 15.5. The van der Waals surface area contributed by atoms with Gasteiger partial charge in [0.15, 0.2) is 0 Å². The lowest BCUT2D eigenvalue weighted by molar-refractivity contribution is -0.274. The van der Waals surface area contributed by atoms with Crippen LogP contribution in [0.2, 0.25) is 0 Å². The maximum Gasteiger partial charge on any atom is 0.573 e. The Balaban J connectivity index is 1.61. The summed E-state index contributed by atoms with van der Waals surface area (Å²) in [6, 6.07) is 10.2. The number of hydrogen-bond acceptors (Lipinski definition) is 6. The lowest BCUT2D eigenvalue weighted by Crippen LogP contribution is -2.48. The van der Waals surface area contributed by atoms with E-state index in [1.165, 1.54) is 35.7 Å². The van der Waals surface area contributed by atoms with Gasteiger partial charge in [-0.15, -0.1) is 13.2 Å². The number of benzene rings is 2. The highest BCUT2D eigenvalue weighted by Crippen LogP contribution is 2.25. The van der Waals surface area contributed by atoms with Gasteiger partial charge in [-0.2, -0.15) is 4.31 Å². The number of alkyl halides is 3. The molecule has 12 heteroatoms. The second-order valence-corrected chi connectivity index (χ2v) is 10.3. The maximum absolute atomic E-state index is 13.1. The molecule has 0 radical (unpaired) electrons. The number of ether oxygens (including phenoxy) is 2. The van der Waals surface area contributed by atoms with Gasteiger partial charge in [-0.25, -0.2) is 8.42 Å². The summed E-state index contributed by atoms with van der Waals surface area (Å²) < 4.78 is 73.5. The van der Waals surface area contributed by atoms with Gasteiger partial charge in [0.05, 0.1) is 18.4 Å². The van der Waals surface area contributed by atoms with Crippen LogP contribution in [0.15, 0.2) is 51.8 Å². The predicted molar refractivity (Wildman–Crippen MR) is 117 cm³/mol. The number of esters is 1. The van der Waals surface area contributed by atoms with Crippen LogP contribution in [0.3, 0.4) is 0 Å². The van der Waals surface area contributed by atoms with E-state index in [4.69, 9.17) is 0 Å². The van der Waals surface area contributed by atoms with Crippen LogP contribution >= 0.6 is 15.9 Å². The predicted octanol–water partition coefficient (Wildman–Crippen LogP) is 3.57. The zero-order valence-electron chi connectivity index (χ0n) is 17.6. The molecular formula is C21H22BrF3N2O5S. The second kappa shape index (κ2) is 10.4. The van der Waals surface area contributed by atoms with E-state index >= 15 is 0 Å². The van der Waals surface area contributed by atoms with E-state index in [-0.39, 0.29) is 30.2 Å². The standard InChI is InChI=1S/C21H22BrF3N2O5S/c1-31-20(28)12-16-10-17(22)13-19(11-16)33(29,30)27-8-6-26(7-9-27)14-15-2-4-18(5-3-15)32-21(23,24)25/h2-5,10-11,13H,6-9,12,14H2,1H3.